The maximum Gasteiger partial charge on any atom is 0.251 e. The highest BCUT2D eigenvalue weighted by molar-refractivity contribution is 7.99. The lowest BCUT2D eigenvalue weighted by Gasteiger charge is -2.25. The zero-order valence-corrected chi connectivity index (χ0v) is 12.2. The van der Waals surface area contributed by atoms with E-state index in [1.165, 1.54) is 4.90 Å². The zero-order valence-electron chi connectivity index (χ0n) is 11.4. The number of rotatable bonds is 2. The van der Waals surface area contributed by atoms with Gasteiger partial charge in [0.1, 0.15) is 6.04 Å². The van der Waals surface area contributed by atoms with Gasteiger partial charge in [0.25, 0.3) is 5.91 Å². The molecule has 0 radical (unpaired) electrons. The molecular weight excluding hydrogens is 270 g/mol. The molecule has 104 valence electrons. The van der Waals surface area contributed by atoms with Crippen LogP contribution in [0.25, 0.3) is 0 Å². The highest BCUT2D eigenvalue weighted by Gasteiger charge is 2.26. The number of amides is 1. The van der Waals surface area contributed by atoms with Crippen molar-refractivity contribution in [3.05, 3.63) is 42.7 Å². The van der Waals surface area contributed by atoms with Crippen molar-refractivity contribution >= 4 is 23.4 Å². The molecule has 2 heterocycles. The molecule has 0 saturated carbocycles. The Morgan fingerprint density at radius 1 is 1.35 bits per heavy atom. The van der Waals surface area contributed by atoms with E-state index in [9.17, 15) is 4.79 Å². The summed E-state index contributed by atoms with van der Waals surface area (Å²) in [6.45, 7) is 2.67. The largest absolute Gasteiger partial charge is 0.309 e. The third-order valence-electron chi connectivity index (χ3n) is 3.48. The Labute approximate surface area is 122 Å². The maximum atomic E-state index is 12.8. The normalized spacial score (nSPS) is 16.4. The summed E-state index contributed by atoms with van der Waals surface area (Å²) in [5.74, 6) is 1.15. The van der Waals surface area contributed by atoms with Gasteiger partial charge in [0.15, 0.2) is 0 Å². The molecule has 1 aliphatic rings. The second-order valence-electron chi connectivity index (χ2n) is 4.82. The second-order valence-corrected chi connectivity index (χ2v) is 5.96. The molecule has 5 heteroatoms. The molecule has 1 aliphatic heterocycles. The summed E-state index contributed by atoms with van der Waals surface area (Å²) in [5.41, 5.74) is 1.03. The smallest absolute Gasteiger partial charge is 0.251 e. The summed E-state index contributed by atoms with van der Waals surface area (Å²) in [7, 11) is 0. The van der Waals surface area contributed by atoms with Crippen molar-refractivity contribution in [1.29, 1.82) is 0 Å². The molecule has 1 aromatic heterocycles. The Kier molecular flexibility index (Phi) is 3.78. The number of thioether (sulfide) groups is 1. The first-order valence-corrected chi connectivity index (χ1v) is 7.78. The average molecular weight is 287 g/mol. The summed E-state index contributed by atoms with van der Waals surface area (Å²) in [5, 5.41) is 4.18. The molecule has 1 amide bonds. The van der Waals surface area contributed by atoms with Gasteiger partial charge in [-0.3, -0.25) is 9.48 Å². The van der Waals surface area contributed by atoms with E-state index in [0.29, 0.717) is 0 Å². The van der Waals surface area contributed by atoms with E-state index in [1.807, 2.05) is 54.0 Å². The van der Waals surface area contributed by atoms with Crippen molar-refractivity contribution in [3.8, 4) is 0 Å². The number of carbonyl (C=O) groups is 1. The fourth-order valence-corrected chi connectivity index (χ4v) is 3.40. The predicted octanol–water partition coefficient (Wildman–Crippen LogP) is 2.97. The van der Waals surface area contributed by atoms with Crippen molar-refractivity contribution in [2.75, 3.05) is 17.2 Å². The molecule has 0 saturated heterocycles. The number of carbonyl (C=O) groups excluding carboxylic acids is 1. The van der Waals surface area contributed by atoms with Gasteiger partial charge in [-0.05, 0) is 37.3 Å². The molecule has 0 aliphatic carbocycles. The standard InChI is InChI=1S/C15H17N3OS/c1-12(18-10-4-8-16-18)15(19)17-9-5-11-20-14-7-3-2-6-13(14)17/h2-4,6-8,10,12H,5,9,11H2,1H3. The van der Waals surface area contributed by atoms with E-state index < -0.39 is 0 Å². The highest BCUT2D eigenvalue weighted by Crippen LogP contribution is 2.34. The summed E-state index contributed by atoms with van der Waals surface area (Å²) in [6, 6.07) is 9.70. The summed E-state index contributed by atoms with van der Waals surface area (Å²) < 4.78 is 1.71. The maximum absolute atomic E-state index is 12.8. The quantitative estimate of drug-likeness (QED) is 0.852. The van der Waals surface area contributed by atoms with Gasteiger partial charge in [0.2, 0.25) is 0 Å². The van der Waals surface area contributed by atoms with Crippen LogP contribution in [0.5, 0.6) is 0 Å². The SMILES string of the molecule is CC(C(=O)N1CCCSc2ccccc21)n1cccn1. The Morgan fingerprint density at radius 3 is 3.00 bits per heavy atom. The molecule has 1 unspecified atom stereocenters. The van der Waals surface area contributed by atoms with Gasteiger partial charge in [0, 0.05) is 23.8 Å². The number of nitrogens with zero attached hydrogens (tertiary/aromatic N) is 3. The number of benzene rings is 1. The van der Waals surface area contributed by atoms with Crippen molar-refractivity contribution in [1.82, 2.24) is 9.78 Å². The van der Waals surface area contributed by atoms with Gasteiger partial charge < -0.3 is 4.90 Å². The lowest BCUT2D eigenvalue weighted by Crippen LogP contribution is -2.37. The molecule has 20 heavy (non-hydrogen) atoms. The number of aromatic nitrogens is 2. The lowest BCUT2D eigenvalue weighted by molar-refractivity contribution is -0.121. The minimum Gasteiger partial charge on any atom is -0.309 e. The Bertz CT molecular complexity index is 597. The Morgan fingerprint density at radius 2 is 2.20 bits per heavy atom. The van der Waals surface area contributed by atoms with Crippen LogP contribution in [0.3, 0.4) is 0 Å². The second kappa shape index (κ2) is 5.71. The molecule has 2 aromatic rings. The molecular formula is C15H17N3OS. The van der Waals surface area contributed by atoms with Gasteiger partial charge in [-0.1, -0.05) is 12.1 Å². The fraction of sp³-hybridized carbons (Fsp3) is 0.333. The average Bonchev–Trinajstić information content (AvgIpc) is 2.93. The third-order valence-corrected chi connectivity index (χ3v) is 4.63. The van der Waals surface area contributed by atoms with Gasteiger partial charge in [-0.2, -0.15) is 5.10 Å². The predicted molar refractivity (Wildman–Crippen MR) is 81.1 cm³/mol. The number of hydrogen-bond donors (Lipinski definition) is 0. The molecule has 3 rings (SSSR count). The van der Waals surface area contributed by atoms with Crippen molar-refractivity contribution in [2.24, 2.45) is 0 Å². The van der Waals surface area contributed by atoms with Gasteiger partial charge >= 0.3 is 0 Å². The number of para-hydroxylation sites is 1. The van der Waals surface area contributed by atoms with Crippen molar-refractivity contribution in [3.63, 3.8) is 0 Å². The van der Waals surface area contributed by atoms with Crippen molar-refractivity contribution < 1.29 is 4.79 Å². The van der Waals surface area contributed by atoms with Gasteiger partial charge in [-0.25, -0.2) is 0 Å². The van der Waals surface area contributed by atoms with E-state index in [4.69, 9.17) is 0 Å². The zero-order chi connectivity index (χ0) is 13.9. The molecule has 0 fully saturated rings. The molecule has 0 spiro atoms. The summed E-state index contributed by atoms with van der Waals surface area (Å²) in [4.78, 5) is 15.9. The monoisotopic (exact) mass is 287 g/mol. The lowest BCUT2D eigenvalue weighted by atomic mass is 10.2. The first kappa shape index (κ1) is 13.2. The Balaban J connectivity index is 1.91. The third kappa shape index (κ3) is 2.45. The van der Waals surface area contributed by atoms with E-state index in [1.54, 1.807) is 10.9 Å². The van der Waals surface area contributed by atoms with Crippen LogP contribution in [0.4, 0.5) is 5.69 Å². The van der Waals surface area contributed by atoms with E-state index in [0.717, 1.165) is 24.4 Å². The van der Waals surface area contributed by atoms with Crippen LogP contribution < -0.4 is 4.90 Å². The van der Waals surface area contributed by atoms with E-state index in [2.05, 4.69) is 11.2 Å². The molecule has 4 nitrogen and oxygen atoms in total. The highest BCUT2D eigenvalue weighted by atomic mass is 32.2. The summed E-state index contributed by atoms with van der Waals surface area (Å²) >= 11 is 1.82. The molecule has 1 aromatic carbocycles. The van der Waals surface area contributed by atoms with Crippen LogP contribution in [0, 0.1) is 0 Å². The number of anilines is 1. The minimum atomic E-state index is -0.277. The van der Waals surface area contributed by atoms with Crippen molar-refractivity contribution in [2.45, 2.75) is 24.3 Å². The van der Waals surface area contributed by atoms with Crippen LogP contribution in [-0.4, -0.2) is 28.0 Å². The molecule has 1 atom stereocenters. The topological polar surface area (TPSA) is 38.1 Å². The van der Waals surface area contributed by atoms with Crippen LogP contribution in [-0.2, 0) is 4.79 Å². The van der Waals surface area contributed by atoms with Crippen LogP contribution in [0.1, 0.15) is 19.4 Å². The number of hydrogen-bond acceptors (Lipinski definition) is 3. The van der Waals surface area contributed by atoms with E-state index in [-0.39, 0.29) is 11.9 Å². The summed E-state index contributed by atoms with van der Waals surface area (Å²) in [6.07, 6.45) is 4.55. The van der Waals surface area contributed by atoms with Crippen LogP contribution in [0.15, 0.2) is 47.6 Å². The first-order valence-electron chi connectivity index (χ1n) is 6.80. The molecule has 0 N–H and O–H groups in total. The minimum absolute atomic E-state index is 0.101. The Hall–Kier alpha value is -1.75. The van der Waals surface area contributed by atoms with Gasteiger partial charge in [-0.15, -0.1) is 11.8 Å². The van der Waals surface area contributed by atoms with E-state index >= 15 is 0 Å². The fourth-order valence-electron chi connectivity index (χ4n) is 2.40. The van der Waals surface area contributed by atoms with Crippen LogP contribution in [0.2, 0.25) is 0 Å². The van der Waals surface area contributed by atoms with Gasteiger partial charge in [0.05, 0.1) is 5.69 Å². The molecule has 0 bridgehead atoms. The number of fused-ring (bicyclic) bond motifs is 1. The van der Waals surface area contributed by atoms with Crippen LogP contribution >= 0.6 is 11.8 Å². The first-order chi connectivity index (χ1) is 9.77.